The van der Waals surface area contributed by atoms with Crippen molar-refractivity contribution in [3.63, 3.8) is 0 Å². The fourth-order valence-corrected chi connectivity index (χ4v) is 3.43. The summed E-state index contributed by atoms with van der Waals surface area (Å²) in [5, 5.41) is 2.47. The molecular formula is C16H17OP. The fraction of sp³-hybridized carbons (Fsp3) is 0.125. The standard InChI is InChI=1S/C16H17OP/c1-14(2)13-17-18(15-9-5-3-6-10-15)16-11-7-4-8-12-16/h3-12H,1,13H2,2H3. The van der Waals surface area contributed by atoms with Crippen molar-refractivity contribution in [3.05, 3.63) is 72.8 Å². The minimum atomic E-state index is -0.744. The molecule has 0 bridgehead atoms. The Balaban J connectivity index is 2.26. The highest BCUT2D eigenvalue weighted by Crippen LogP contribution is 2.34. The summed E-state index contributed by atoms with van der Waals surface area (Å²) >= 11 is 0. The average molecular weight is 256 g/mol. The van der Waals surface area contributed by atoms with Crippen LogP contribution in [0.3, 0.4) is 0 Å². The summed E-state index contributed by atoms with van der Waals surface area (Å²) in [5.41, 5.74) is 1.05. The van der Waals surface area contributed by atoms with E-state index in [4.69, 9.17) is 4.52 Å². The predicted molar refractivity (Wildman–Crippen MR) is 79.8 cm³/mol. The highest BCUT2D eigenvalue weighted by Gasteiger charge is 2.14. The van der Waals surface area contributed by atoms with Crippen LogP contribution in [0.1, 0.15) is 6.92 Å². The lowest BCUT2D eigenvalue weighted by Crippen LogP contribution is -2.14. The van der Waals surface area contributed by atoms with E-state index in [2.05, 4.69) is 55.1 Å². The summed E-state index contributed by atoms with van der Waals surface area (Å²) in [6.07, 6.45) is 0. The Morgan fingerprint density at radius 2 is 1.39 bits per heavy atom. The minimum Gasteiger partial charge on any atom is -0.345 e. The van der Waals surface area contributed by atoms with Gasteiger partial charge in [0.1, 0.15) is 0 Å². The highest BCUT2D eigenvalue weighted by atomic mass is 31.1. The lowest BCUT2D eigenvalue weighted by Gasteiger charge is -2.18. The quantitative estimate of drug-likeness (QED) is 0.586. The first-order valence-corrected chi connectivity index (χ1v) is 7.21. The summed E-state index contributed by atoms with van der Waals surface area (Å²) in [5.74, 6) is 0. The number of hydrogen-bond acceptors (Lipinski definition) is 1. The lowest BCUT2D eigenvalue weighted by atomic mass is 10.4. The summed E-state index contributed by atoms with van der Waals surface area (Å²) in [6.45, 7) is 6.50. The van der Waals surface area contributed by atoms with Gasteiger partial charge in [0.25, 0.3) is 0 Å². The molecule has 0 aliphatic heterocycles. The van der Waals surface area contributed by atoms with Crippen LogP contribution in [-0.4, -0.2) is 6.61 Å². The van der Waals surface area contributed by atoms with Gasteiger partial charge in [0.05, 0.1) is 14.8 Å². The van der Waals surface area contributed by atoms with Gasteiger partial charge in [-0.15, -0.1) is 0 Å². The maximum Gasteiger partial charge on any atom is 0.0922 e. The highest BCUT2D eigenvalue weighted by molar-refractivity contribution is 7.68. The Morgan fingerprint density at radius 1 is 0.944 bits per heavy atom. The summed E-state index contributed by atoms with van der Waals surface area (Å²) in [4.78, 5) is 0. The van der Waals surface area contributed by atoms with Crippen molar-refractivity contribution in [2.75, 3.05) is 6.61 Å². The third kappa shape index (κ3) is 3.53. The molecule has 0 amide bonds. The number of rotatable bonds is 5. The van der Waals surface area contributed by atoms with Gasteiger partial charge in [0.15, 0.2) is 0 Å². The van der Waals surface area contributed by atoms with Gasteiger partial charge >= 0.3 is 0 Å². The fourth-order valence-electron chi connectivity index (χ4n) is 1.60. The van der Waals surface area contributed by atoms with Crippen LogP contribution in [0.25, 0.3) is 0 Å². The normalized spacial score (nSPS) is 10.6. The zero-order valence-electron chi connectivity index (χ0n) is 10.5. The molecule has 2 aromatic rings. The largest absolute Gasteiger partial charge is 0.345 e. The molecule has 0 spiro atoms. The molecule has 0 saturated heterocycles. The van der Waals surface area contributed by atoms with Gasteiger partial charge in [-0.2, -0.15) is 0 Å². The van der Waals surface area contributed by atoms with Crippen molar-refractivity contribution in [3.8, 4) is 0 Å². The molecule has 18 heavy (non-hydrogen) atoms. The van der Waals surface area contributed by atoms with E-state index in [9.17, 15) is 0 Å². The molecule has 0 saturated carbocycles. The zero-order chi connectivity index (χ0) is 12.8. The number of benzene rings is 2. The van der Waals surface area contributed by atoms with E-state index >= 15 is 0 Å². The van der Waals surface area contributed by atoms with Crippen LogP contribution < -0.4 is 10.6 Å². The SMILES string of the molecule is C=C(C)COP(c1ccccc1)c1ccccc1. The van der Waals surface area contributed by atoms with Crippen LogP contribution in [0.4, 0.5) is 0 Å². The van der Waals surface area contributed by atoms with Gasteiger partial charge in [-0.05, 0) is 6.92 Å². The van der Waals surface area contributed by atoms with Crippen LogP contribution in [0.15, 0.2) is 72.8 Å². The Morgan fingerprint density at radius 3 is 1.78 bits per heavy atom. The van der Waals surface area contributed by atoms with Gasteiger partial charge < -0.3 is 4.52 Å². The number of hydrogen-bond donors (Lipinski definition) is 0. The predicted octanol–water partition coefficient (Wildman–Crippen LogP) is 3.63. The maximum absolute atomic E-state index is 6.04. The average Bonchev–Trinajstić information content (AvgIpc) is 2.41. The van der Waals surface area contributed by atoms with Gasteiger partial charge in [0.2, 0.25) is 0 Å². The van der Waals surface area contributed by atoms with Crippen molar-refractivity contribution < 1.29 is 4.52 Å². The molecule has 0 unspecified atom stereocenters. The molecule has 0 heterocycles. The monoisotopic (exact) mass is 256 g/mol. The molecule has 0 radical (unpaired) electrons. The van der Waals surface area contributed by atoms with Gasteiger partial charge in [-0.25, -0.2) is 0 Å². The molecule has 0 atom stereocenters. The minimum absolute atomic E-state index is 0.607. The zero-order valence-corrected chi connectivity index (χ0v) is 11.4. The van der Waals surface area contributed by atoms with E-state index < -0.39 is 8.15 Å². The van der Waals surface area contributed by atoms with Crippen LogP contribution in [-0.2, 0) is 4.52 Å². The smallest absolute Gasteiger partial charge is 0.0922 e. The van der Waals surface area contributed by atoms with E-state index in [-0.39, 0.29) is 0 Å². The lowest BCUT2D eigenvalue weighted by molar-refractivity contribution is 0.402. The molecule has 0 aliphatic carbocycles. The van der Waals surface area contributed by atoms with Gasteiger partial charge in [-0.1, -0.05) is 72.8 Å². The molecule has 2 aromatic carbocycles. The molecule has 0 N–H and O–H groups in total. The van der Waals surface area contributed by atoms with Crippen molar-refractivity contribution in [2.24, 2.45) is 0 Å². The molecular weight excluding hydrogens is 239 g/mol. The molecule has 2 heteroatoms. The molecule has 1 nitrogen and oxygen atoms in total. The van der Waals surface area contributed by atoms with Crippen LogP contribution in [0, 0.1) is 0 Å². The Kier molecular flexibility index (Phi) is 4.69. The van der Waals surface area contributed by atoms with E-state index in [1.165, 1.54) is 10.6 Å². The van der Waals surface area contributed by atoms with Gasteiger partial charge in [-0.3, -0.25) is 0 Å². The topological polar surface area (TPSA) is 9.23 Å². The van der Waals surface area contributed by atoms with Crippen molar-refractivity contribution in [2.45, 2.75) is 6.92 Å². The van der Waals surface area contributed by atoms with Crippen LogP contribution in [0.2, 0.25) is 0 Å². The Bertz CT molecular complexity index is 454. The molecule has 2 rings (SSSR count). The second-order valence-electron chi connectivity index (χ2n) is 4.20. The molecule has 0 aromatic heterocycles. The van der Waals surface area contributed by atoms with E-state index in [0.717, 1.165) is 5.57 Å². The van der Waals surface area contributed by atoms with Crippen molar-refractivity contribution >= 4 is 18.8 Å². The maximum atomic E-state index is 6.04. The second kappa shape index (κ2) is 6.49. The molecule has 92 valence electrons. The summed E-state index contributed by atoms with van der Waals surface area (Å²) in [6, 6.07) is 20.8. The first-order valence-electron chi connectivity index (χ1n) is 5.95. The Labute approximate surface area is 110 Å². The second-order valence-corrected chi connectivity index (χ2v) is 6.08. The third-order valence-electron chi connectivity index (χ3n) is 2.42. The van der Waals surface area contributed by atoms with Crippen molar-refractivity contribution in [1.82, 2.24) is 0 Å². The third-order valence-corrected chi connectivity index (χ3v) is 4.34. The van der Waals surface area contributed by atoms with Crippen molar-refractivity contribution in [1.29, 1.82) is 0 Å². The van der Waals surface area contributed by atoms with Crippen LogP contribution >= 0.6 is 8.15 Å². The molecule has 0 aliphatic rings. The first-order chi connectivity index (χ1) is 8.77. The van der Waals surface area contributed by atoms with Crippen LogP contribution in [0.5, 0.6) is 0 Å². The van der Waals surface area contributed by atoms with Gasteiger partial charge in [0, 0.05) is 10.6 Å². The van der Waals surface area contributed by atoms with E-state index in [1.807, 2.05) is 19.1 Å². The Hall–Kier alpha value is -1.43. The summed E-state index contributed by atoms with van der Waals surface area (Å²) in [7, 11) is -0.744. The molecule has 0 fully saturated rings. The van der Waals surface area contributed by atoms with E-state index in [0.29, 0.717) is 6.61 Å². The van der Waals surface area contributed by atoms with E-state index in [1.54, 1.807) is 0 Å². The summed E-state index contributed by atoms with van der Waals surface area (Å²) < 4.78 is 6.04. The first kappa shape index (κ1) is 13.0.